The highest BCUT2D eigenvalue weighted by atomic mass is 32.2. The first-order chi connectivity index (χ1) is 27.5. The summed E-state index contributed by atoms with van der Waals surface area (Å²) in [6.45, 7) is 15.2. The number of ether oxygens (including phenoxy) is 2. The number of nitrogens with zero attached hydrogens (tertiary/aromatic N) is 3. The van der Waals surface area contributed by atoms with Crippen LogP contribution in [0.2, 0.25) is 0 Å². The van der Waals surface area contributed by atoms with Gasteiger partial charge in [-0.05, 0) is 114 Å². The Balaban J connectivity index is 0.000000177. The molecule has 1 amide bonds. The van der Waals surface area contributed by atoms with E-state index < -0.39 is 6.09 Å². The predicted molar refractivity (Wildman–Crippen MR) is 237 cm³/mol. The average Bonchev–Trinajstić information content (AvgIpc) is 3.15. The number of carbonyl (C=O) groups is 1. The summed E-state index contributed by atoms with van der Waals surface area (Å²) in [5.74, 6) is 4.49. The number of likely N-dealkylation sites (N-methyl/N-ethyl adjacent to an activating group) is 2. The highest BCUT2D eigenvalue weighted by Gasteiger charge is 2.31. The molecule has 0 spiro atoms. The van der Waals surface area contributed by atoms with Gasteiger partial charge in [0.1, 0.15) is 11.5 Å². The van der Waals surface area contributed by atoms with Crippen molar-refractivity contribution in [2.45, 2.75) is 55.5 Å². The van der Waals surface area contributed by atoms with E-state index in [1.807, 2.05) is 0 Å². The van der Waals surface area contributed by atoms with E-state index in [0.29, 0.717) is 37.5 Å². The quantitative estimate of drug-likeness (QED) is 0.153. The molecule has 8 rings (SSSR count). The van der Waals surface area contributed by atoms with Gasteiger partial charge < -0.3 is 34.6 Å². The number of thioether (sulfide) groups is 2. The number of hydrogen-bond donors (Lipinski definition) is 2. The molecule has 10 heteroatoms. The summed E-state index contributed by atoms with van der Waals surface area (Å²) in [5.41, 5.74) is 8.29. The van der Waals surface area contributed by atoms with Crippen molar-refractivity contribution in [3.63, 3.8) is 0 Å². The van der Waals surface area contributed by atoms with Crippen LogP contribution >= 0.6 is 23.5 Å². The number of nitrogens with one attached hydrogen (secondary N) is 1. The molecular formula is C47H62N4O4S2. The minimum absolute atomic E-state index is 0.289. The molecular weight excluding hydrogens is 749 g/mol. The largest absolute Gasteiger partial charge is 0.493 e. The lowest BCUT2D eigenvalue weighted by Crippen LogP contribution is -2.51. The topological polar surface area (TPSA) is 77.5 Å². The molecule has 4 aliphatic heterocycles. The molecule has 0 radical (unpaired) electrons. The fraction of sp³-hybridized carbons (Fsp3) is 0.468. The molecule has 8 nitrogen and oxygen atoms in total. The Morgan fingerprint density at radius 1 is 0.684 bits per heavy atom. The van der Waals surface area contributed by atoms with Crippen molar-refractivity contribution in [2.75, 3.05) is 79.1 Å². The summed E-state index contributed by atoms with van der Waals surface area (Å²) in [6.07, 6.45) is 3.38. The van der Waals surface area contributed by atoms with Gasteiger partial charge in [-0.1, -0.05) is 57.2 Å². The van der Waals surface area contributed by atoms with Gasteiger partial charge in [0.05, 0.1) is 13.2 Å². The molecule has 4 aromatic carbocycles. The molecule has 2 fully saturated rings. The van der Waals surface area contributed by atoms with Crippen LogP contribution < -0.4 is 14.8 Å². The number of amides is 1. The molecule has 2 N–H and O–H groups in total. The number of benzene rings is 4. The third-order valence-corrected chi connectivity index (χ3v) is 12.4. The second kappa shape index (κ2) is 20.3. The molecule has 0 aliphatic carbocycles. The highest BCUT2D eigenvalue weighted by molar-refractivity contribution is 7.98. The van der Waals surface area contributed by atoms with Crippen molar-refractivity contribution in [1.82, 2.24) is 20.0 Å². The molecule has 306 valence electrons. The Morgan fingerprint density at radius 2 is 1.11 bits per heavy atom. The molecule has 2 saturated heterocycles. The lowest BCUT2D eigenvalue weighted by atomic mass is 9.85. The van der Waals surface area contributed by atoms with Crippen molar-refractivity contribution >= 4 is 29.6 Å². The minimum atomic E-state index is -0.843. The zero-order chi connectivity index (χ0) is 40.5. The second-order valence-corrected chi connectivity index (χ2v) is 18.5. The molecule has 2 atom stereocenters. The van der Waals surface area contributed by atoms with Crippen molar-refractivity contribution in [2.24, 2.45) is 17.8 Å². The first-order valence-electron chi connectivity index (χ1n) is 20.3. The van der Waals surface area contributed by atoms with Crippen LogP contribution in [0.15, 0.2) is 94.7 Å². The van der Waals surface area contributed by atoms with E-state index in [-0.39, 0.29) is 5.92 Å². The van der Waals surface area contributed by atoms with E-state index in [1.54, 1.807) is 23.5 Å². The van der Waals surface area contributed by atoms with Crippen molar-refractivity contribution < 1.29 is 19.4 Å². The van der Waals surface area contributed by atoms with Gasteiger partial charge in [0.25, 0.3) is 0 Å². The van der Waals surface area contributed by atoms with Gasteiger partial charge in [-0.25, -0.2) is 4.79 Å². The lowest BCUT2D eigenvalue weighted by molar-refractivity contribution is 0.0585. The summed E-state index contributed by atoms with van der Waals surface area (Å²) in [5, 5.41) is 12.2. The summed E-state index contributed by atoms with van der Waals surface area (Å²) in [4.78, 5) is 19.7. The molecule has 4 aromatic rings. The Kier molecular flexibility index (Phi) is 15.3. The minimum Gasteiger partial charge on any atom is -0.493 e. The van der Waals surface area contributed by atoms with Crippen LogP contribution in [0.1, 0.15) is 66.0 Å². The number of rotatable bonds is 10. The average molecular weight is 811 g/mol. The molecule has 4 heterocycles. The van der Waals surface area contributed by atoms with Crippen LogP contribution in [-0.2, 0) is 13.1 Å². The fourth-order valence-corrected chi connectivity index (χ4v) is 8.61. The van der Waals surface area contributed by atoms with Crippen molar-refractivity contribution in [3.05, 3.63) is 118 Å². The van der Waals surface area contributed by atoms with Crippen LogP contribution in [0.4, 0.5) is 4.79 Å². The van der Waals surface area contributed by atoms with Crippen molar-refractivity contribution in [3.8, 4) is 11.5 Å². The normalized spacial score (nSPS) is 19.5. The first-order valence-corrected chi connectivity index (χ1v) is 22.8. The molecule has 0 bridgehead atoms. The van der Waals surface area contributed by atoms with E-state index in [4.69, 9.17) is 14.6 Å². The van der Waals surface area contributed by atoms with Gasteiger partial charge in [0.15, 0.2) is 0 Å². The predicted octanol–water partition coefficient (Wildman–Crippen LogP) is 9.22. The maximum atomic E-state index is 10.9. The maximum absolute atomic E-state index is 10.9. The maximum Gasteiger partial charge on any atom is 0.407 e. The monoisotopic (exact) mass is 810 g/mol. The van der Waals surface area contributed by atoms with Gasteiger partial charge in [0, 0.05) is 85.8 Å². The SMILES string of the molecule is CC(C)C.CSc1ccc(C2CN(C)Cc3cc(OCC4CN(C(=O)O)C4)ccc32)cc1.CSc1ccc(C2CN(C)Cc3cc(OCC4CNC4)ccc32)cc1. The van der Waals surface area contributed by atoms with Crippen LogP contribution in [0.3, 0.4) is 0 Å². The summed E-state index contributed by atoms with van der Waals surface area (Å²) in [6, 6.07) is 31.0. The summed E-state index contributed by atoms with van der Waals surface area (Å²) in [7, 11) is 4.37. The Morgan fingerprint density at radius 3 is 1.47 bits per heavy atom. The van der Waals surface area contributed by atoms with Crippen LogP contribution in [-0.4, -0.2) is 105 Å². The van der Waals surface area contributed by atoms with Crippen LogP contribution in [0.5, 0.6) is 11.5 Å². The van der Waals surface area contributed by atoms with E-state index in [1.165, 1.54) is 48.1 Å². The fourth-order valence-electron chi connectivity index (χ4n) is 7.80. The van der Waals surface area contributed by atoms with Gasteiger partial charge in [-0.15, -0.1) is 23.5 Å². The summed E-state index contributed by atoms with van der Waals surface area (Å²) < 4.78 is 12.0. The highest BCUT2D eigenvalue weighted by Crippen LogP contribution is 2.37. The third-order valence-electron chi connectivity index (χ3n) is 11.0. The smallest absolute Gasteiger partial charge is 0.407 e. The van der Waals surface area contributed by atoms with Gasteiger partial charge in [-0.2, -0.15) is 0 Å². The van der Waals surface area contributed by atoms with Gasteiger partial charge in [0.2, 0.25) is 0 Å². The van der Waals surface area contributed by atoms with E-state index in [2.05, 4.69) is 147 Å². The zero-order valence-corrected chi connectivity index (χ0v) is 36.5. The Labute approximate surface area is 349 Å². The molecule has 0 aromatic heterocycles. The Bertz CT molecular complexity index is 1890. The Hall–Kier alpha value is -3.67. The van der Waals surface area contributed by atoms with E-state index in [0.717, 1.165) is 63.3 Å². The van der Waals surface area contributed by atoms with Gasteiger partial charge >= 0.3 is 6.09 Å². The zero-order valence-electron chi connectivity index (χ0n) is 34.9. The number of hydrogen-bond acceptors (Lipinski definition) is 8. The molecule has 2 unspecified atom stereocenters. The lowest BCUT2D eigenvalue weighted by Gasteiger charge is -2.37. The second-order valence-electron chi connectivity index (χ2n) is 16.7. The third kappa shape index (κ3) is 11.7. The number of carboxylic acid groups (broad SMARTS) is 1. The molecule has 4 aliphatic rings. The van der Waals surface area contributed by atoms with Crippen LogP contribution in [0, 0.1) is 17.8 Å². The molecule has 0 saturated carbocycles. The number of fused-ring (bicyclic) bond motifs is 2. The summed E-state index contributed by atoms with van der Waals surface area (Å²) >= 11 is 3.56. The van der Waals surface area contributed by atoms with Gasteiger partial charge in [-0.3, -0.25) is 0 Å². The van der Waals surface area contributed by atoms with E-state index in [9.17, 15) is 4.79 Å². The van der Waals surface area contributed by atoms with Crippen LogP contribution in [0.25, 0.3) is 0 Å². The first kappa shape index (κ1) is 42.9. The molecule has 57 heavy (non-hydrogen) atoms. The standard InChI is InChI=1S/C22H26N2O3S.C21H26N2OS.C4H10/c1-23-12-17-9-18(27-14-15-10-24(11-15)22(25)26)5-8-20(17)21(13-23)16-3-6-19(28-2)7-4-16;1-23-12-17-9-18(24-14-15-10-22-11-15)5-8-20(17)21(13-23)16-3-6-19(25-2)7-4-16;1-4(2)3/h3-9,15,21H,10-14H2,1-2H3,(H,25,26);3-9,15,21-22H,10-14H2,1-2H3;4H,1-3H3. The van der Waals surface area contributed by atoms with Crippen molar-refractivity contribution in [1.29, 1.82) is 0 Å². The number of likely N-dealkylation sites (tertiary alicyclic amines) is 1. The van der Waals surface area contributed by atoms with E-state index >= 15 is 0 Å².